The van der Waals surface area contributed by atoms with Gasteiger partial charge >= 0.3 is 5.97 Å². The molecule has 0 aliphatic heterocycles. The molecule has 0 bridgehead atoms. The molecule has 4 nitrogen and oxygen atoms in total. The molecule has 0 saturated heterocycles. The average molecular weight is 260 g/mol. The number of nitrogens with one attached hydrogen (secondary N) is 1. The zero-order valence-electron chi connectivity index (χ0n) is 11.2. The minimum absolute atomic E-state index is 0.327. The molecule has 19 heavy (non-hydrogen) atoms. The van der Waals surface area contributed by atoms with Crippen molar-refractivity contribution in [3.05, 3.63) is 23.8 Å². The molecule has 1 aromatic carbocycles. The summed E-state index contributed by atoms with van der Waals surface area (Å²) in [6.07, 6.45) is 5.39. The van der Waals surface area contributed by atoms with Crippen LogP contribution < -0.4 is 11.1 Å². The van der Waals surface area contributed by atoms with Crippen LogP contribution in [0.5, 0.6) is 0 Å². The standard InChI is InChI=1S/C15H20N2O2/c1-19-14(18)10-2-5-12(16)13(8-10)17-9-15(6-7-15)11-3-4-11/h2,5,8,11,17H,3-4,6-7,9,16H2,1H3. The number of hydrogen-bond acceptors (Lipinski definition) is 4. The van der Waals surface area contributed by atoms with Crippen molar-refractivity contribution in [2.45, 2.75) is 25.7 Å². The molecule has 0 amide bonds. The summed E-state index contributed by atoms with van der Waals surface area (Å²) in [5.74, 6) is 0.580. The van der Waals surface area contributed by atoms with Gasteiger partial charge in [-0.2, -0.15) is 0 Å². The first-order valence-electron chi connectivity index (χ1n) is 6.86. The van der Waals surface area contributed by atoms with Gasteiger partial charge in [-0.25, -0.2) is 4.79 Å². The molecule has 2 fully saturated rings. The van der Waals surface area contributed by atoms with Crippen molar-refractivity contribution in [2.24, 2.45) is 11.3 Å². The second-order valence-corrected chi connectivity index (χ2v) is 5.78. The zero-order chi connectivity index (χ0) is 13.5. The second-order valence-electron chi connectivity index (χ2n) is 5.78. The number of hydrogen-bond donors (Lipinski definition) is 2. The van der Waals surface area contributed by atoms with E-state index in [1.807, 2.05) is 0 Å². The Kier molecular flexibility index (Phi) is 2.88. The van der Waals surface area contributed by atoms with Crippen LogP contribution in [0.4, 0.5) is 11.4 Å². The largest absolute Gasteiger partial charge is 0.465 e. The van der Waals surface area contributed by atoms with Gasteiger partial charge in [-0.05, 0) is 55.2 Å². The van der Waals surface area contributed by atoms with Crippen molar-refractivity contribution in [1.29, 1.82) is 0 Å². The first-order valence-corrected chi connectivity index (χ1v) is 6.86. The molecule has 0 atom stereocenters. The monoisotopic (exact) mass is 260 g/mol. The number of ether oxygens (including phenoxy) is 1. The van der Waals surface area contributed by atoms with Crippen molar-refractivity contribution in [2.75, 3.05) is 24.7 Å². The van der Waals surface area contributed by atoms with Crippen LogP contribution in [-0.2, 0) is 4.74 Å². The molecule has 1 aromatic rings. The molecule has 0 radical (unpaired) electrons. The molecule has 3 rings (SSSR count). The van der Waals surface area contributed by atoms with Crippen molar-refractivity contribution in [1.82, 2.24) is 0 Å². The fourth-order valence-electron chi connectivity index (χ4n) is 2.81. The van der Waals surface area contributed by atoms with Gasteiger partial charge in [-0.15, -0.1) is 0 Å². The maximum absolute atomic E-state index is 11.5. The predicted octanol–water partition coefficient (Wildman–Crippen LogP) is 2.66. The Morgan fingerprint density at radius 3 is 2.79 bits per heavy atom. The van der Waals surface area contributed by atoms with Crippen LogP contribution >= 0.6 is 0 Å². The Morgan fingerprint density at radius 2 is 2.21 bits per heavy atom. The van der Waals surface area contributed by atoms with Crippen molar-refractivity contribution >= 4 is 17.3 Å². The van der Waals surface area contributed by atoms with E-state index in [-0.39, 0.29) is 5.97 Å². The third-order valence-corrected chi connectivity index (χ3v) is 4.44. The minimum Gasteiger partial charge on any atom is -0.465 e. The molecule has 2 aliphatic carbocycles. The molecular weight excluding hydrogens is 240 g/mol. The highest BCUT2D eigenvalue weighted by atomic mass is 16.5. The average Bonchev–Trinajstić information content (AvgIpc) is 3.28. The van der Waals surface area contributed by atoms with E-state index >= 15 is 0 Å². The number of rotatable bonds is 5. The summed E-state index contributed by atoms with van der Waals surface area (Å²) in [5, 5.41) is 3.42. The smallest absolute Gasteiger partial charge is 0.337 e. The van der Waals surface area contributed by atoms with Crippen molar-refractivity contribution in [3.63, 3.8) is 0 Å². The zero-order valence-corrected chi connectivity index (χ0v) is 11.2. The lowest BCUT2D eigenvalue weighted by atomic mass is 10.0. The van der Waals surface area contributed by atoms with Gasteiger partial charge in [0, 0.05) is 6.54 Å². The molecule has 0 spiro atoms. The summed E-state index contributed by atoms with van der Waals surface area (Å²) in [6.45, 7) is 0.965. The van der Waals surface area contributed by atoms with E-state index in [9.17, 15) is 4.79 Å². The van der Waals surface area contributed by atoms with Crippen LogP contribution in [0, 0.1) is 11.3 Å². The number of benzene rings is 1. The number of nitrogens with two attached hydrogens (primary N) is 1. The first kappa shape index (κ1) is 12.3. The normalized spacial score (nSPS) is 19.8. The summed E-state index contributed by atoms with van der Waals surface area (Å²) in [6, 6.07) is 5.23. The molecule has 4 heteroatoms. The van der Waals surface area contributed by atoms with E-state index < -0.39 is 0 Å². The van der Waals surface area contributed by atoms with Gasteiger partial charge in [0.15, 0.2) is 0 Å². The Hall–Kier alpha value is -1.71. The molecule has 102 valence electrons. The van der Waals surface area contributed by atoms with Gasteiger partial charge in [0.05, 0.1) is 24.0 Å². The lowest BCUT2D eigenvalue weighted by Gasteiger charge is -2.17. The van der Waals surface area contributed by atoms with Crippen LogP contribution in [0.1, 0.15) is 36.0 Å². The summed E-state index contributed by atoms with van der Waals surface area (Å²) in [4.78, 5) is 11.5. The highest BCUT2D eigenvalue weighted by Crippen LogP contribution is 2.61. The summed E-state index contributed by atoms with van der Waals surface area (Å²) < 4.78 is 4.73. The molecule has 2 saturated carbocycles. The van der Waals surface area contributed by atoms with Gasteiger partial charge in [0.2, 0.25) is 0 Å². The van der Waals surface area contributed by atoms with E-state index in [2.05, 4.69) is 5.32 Å². The fourth-order valence-corrected chi connectivity index (χ4v) is 2.81. The Balaban J connectivity index is 1.71. The topological polar surface area (TPSA) is 64.3 Å². The summed E-state index contributed by atoms with van der Waals surface area (Å²) in [7, 11) is 1.39. The summed E-state index contributed by atoms with van der Waals surface area (Å²) >= 11 is 0. The number of esters is 1. The number of carbonyl (C=O) groups excluding carboxylic acids is 1. The maximum atomic E-state index is 11.5. The van der Waals surface area contributed by atoms with Crippen molar-refractivity contribution < 1.29 is 9.53 Å². The van der Waals surface area contributed by atoms with Gasteiger partial charge in [-0.1, -0.05) is 0 Å². The van der Waals surface area contributed by atoms with Crippen LogP contribution in [-0.4, -0.2) is 19.6 Å². The predicted molar refractivity (Wildman–Crippen MR) is 75.1 cm³/mol. The number of carbonyl (C=O) groups is 1. The van der Waals surface area contributed by atoms with Crippen molar-refractivity contribution in [3.8, 4) is 0 Å². The molecule has 0 aromatic heterocycles. The van der Waals surface area contributed by atoms with Crippen LogP contribution in [0.15, 0.2) is 18.2 Å². The second kappa shape index (κ2) is 4.44. The van der Waals surface area contributed by atoms with Crippen LogP contribution in [0.3, 0.4) is 0 Å². The van der Waals surface area contributed by atoms with Gasteiger partial charge < -0.3 is 15.8 Å². The third-order valence-electron chi connectivity index (χ3n) is 4.44. The highest BCUT2D eigenvalue weighted by molar-refractivity contribution is 5.91. The summed E-state index contributed by atoms with van der Waals surface area (Å²) in [5.41, 5.74) is 8.53. The van der Waals surface area contributed by atoms with E-state index in [4.69, 9.17) is 10.5 Å². The molecule has 2 aliphatic rings. The third kappa shape index (κ3) is 2.39. The highest BCUT2D eigenvalue weighted by Gasteiger charge is 2.53. The molecular formula is C15H20N2O2. The maximum Gasteiger partial charge on any atom is 0.337 e. The van der Waals surface area contributed by atoms with Gasteiger partial charge in [-0.3, -0.25) is 0 Å². The quantitative estimate of drug-likeness (QED) is 0.631. The molecule has 0 unspecified atom stereocenters. The minimum atomic E-state index is -0.327. The first-order chi connectivity index (χ1) is 9.14. The van der Waals surface area contributed by atoms with Gasteiger partial charge in [0.25, 0.3) is 0 Å². The van der Waals surface area contributed by atoms with E-state index in [1.165, 1.54) is 32.8 Å². The van der Waals surface area contributed by atoms with E-state index in [0.29, 0.717) is 16.7 Å². The van der Waals surface area contributed by atoms with Crippen LogP contribution in [0.2, 0.25) is 0 Å². The Bertz CT molecular complexity index is 505. The lowest BCUT2D eigenvalue weighted by molar-refractivity contribution is 0.0601. The van der Waals surface area contributed by atoms with Crippen LogP contribution in [0.25, 0.3) is 0 Å². The lowest BCUT2D eigenvalue weighted by Crippen LogP contribution is -2.18. The fraction of sp³-hybridized carbons (Fsp3) is 0.533. The number of methoxy groups -OCH3 is 1. The SMILES string of the molecule is COC(=O)c1ccc(N)c(NCC2(C3CC3)CC2)c1. The molecule has 3 N–H and O–H groups in total. The number of anilines is 2. The number of nitrogen functional groups attached to an aromatic ring is 1. The van der Waals surface area contributed by atoms with Gasteiger partial charge in [0.1, 0.15) is 0 Å². The Morgan fingerprint density at radius 1 is 1.47 bits per heavy atom. The van der Waals surface area contributed by atoms with E-state index in [1.54, 1.807) is 18.2 Å². The molecule has 0 heterocycles. The van der Waals surface area contributed by atoms with E-state index in [0.717, 1.165) is 18.2 Å². The Labute approximate surface area is 113 Å².